The molecule has 0 fully saturated rings. The van der Waals surface area contributed by atoms with Crippen molar-refractivity contribution in [2.45, 2.75) is 33.1 Å². The summed E-state index contributed by atoms with van der Waals surface area (Å²) in [5, 5.41) is 0. The predicted octanol–water partition coefficient (Wildman–Crippen LogP) is 2.79. The third-order valence-electron chi connectivity index (χ3n) is 2.56. The maximum absolute atomic E-state index is 11.6. The van der Waals surface area contributed by atoms with E-state index in [1.807, 2.05) is 19.1 Å². The molecule has 0 N–H and O–H groups in total. The van der Waals surface area contributed by atoms with Crippen LogP contribution in [0.4, 0.5) is 0 Å². The van der Waals surface area contributed by atoms with Crippen molar-refractivity contribution >= 4 is 5.78 Å². The molecule has 0 saturated heterocycles. The van der Waals surface area contributed by atoms with Crippen LogP contribution in [0.25, 0.3) is 0 Å². The lowest BCUT2D eigenvalue weighted by molar-refractivity contribution is -0.119. The van der Waals surface area contributed by atoms with Gasteiger partial charge in [0.2, 0.25) is 0 Å². The molecule has 2 heteroatoms. The van der Waals surface area contributed by atoms with E-state index in [4.69, 9.17) is 4.74 Å². The van der Waals surface area contributed by atoms with Crippen LogP contribution in [0.3, 0.4) is 0 Å². The highest BCUT2D eigenvalue weighted by Gasteiger charge is 2.03. The van der Waals surface area contributed by atoms with Gasteiger partial charge in [0, 0.05) is 19.4 Å². The number of ketones is 1. The van der Waals surface area contributed by atoms with E-state index in [0.29, 0.717) is 26.1 Å². The van der Waals surface area contributed by atoms with Gasteiger partial charge in [0.1, 0.15) is 5.78 Å². The minimum absolute atomic E-state index is 0.248. The Morgan fingerprint density at radius 1 is 1.12 bits per heavy atom. The van der Waals surface area contributed by atoms with Crippen LogP contribution < -0.4 is 0 Å². The molecule has 0 aromatic heterocycles. The zero-order valence-corrected chi connectivity index (χ0v) is 10.2. The highest BCUT2D eigenvalue weighted by molar-refractivity contribution is 5.80. The summed E-state index contributed by atoms with van der Waals surface area (Å²) in [5.41, 5.74) is 2.41. The molecule has 2 nitrogen and oxygen atoms in total. The van der Waals surface area contributed by atoms with E-state index in [-0.39, 0.29) is 5.78 Å². The number of hydrogen-bond acceptors (Lipinski definition) is 2. The molecule has 1 rings (SSSR count). The minimum atomic E-state index is 0.248. The first-order chi connectivity index (χ1) is 7.76. The molecule has 0 atom stereocenters. The molecule has 16 heavy (non-hydrogen) atoms. The summed E-state index contributed by atoms with van der Waals surface area (Å²) < 4.78 is 5.16. The smallest absolute Gasteiger partial charge is 0.139 e. The molecule has 1 aromatic carbocycles. The summed E-state index contributed by atoms with van der Waals surface area (Å²) in [6.07, 6.45) is 2.08. The van der Waals surface area contributed by atoms with Gasteiger partial charge in [-0.05, 0) is 24.5 Å². The SMILES string of the molecule is CCOCCC(=O)Cc1ccc(CC)cc1. The van der Waals surface area contributed by atoms with Crippen LogP contribution in [-0.4, -0.2) is 19.0 Å². The molecule has 0 spiro atoms. The number of hydrogen-bond donors (Lipinski definition) is 0. The topological polar surface area (TPSA) is 26.3 Å². The molecule has 0 radical (unpaired) electrons. The van der Waals surface area contributed by atoms with Gasteiger partial charge in [0.05, 0.1) is 6.61 Å². The van der Waals surface area contributed by atoms with Crippen LogP contribution in [0.15, 0.2) is 24.3 Å². The fraction of sp³-hybridized carbons (Fsp3) is 0.500. The van der Waals surface area contributed by atoms with Crippen LogP contribution in [0.2, 0.25) is 0 Å². The van der Waals surface area contributed by atoms with E-state index in [1.54, 1.807) is 0 Å². The molecule has 0 aliphatic carbocycles. The van der Waals surface area contributed by atoms with Crippen molar-refractivity contribution in [1.29, 1.82) is 0 Å². The van der Waals surface area contributed by atoms with E-state index in [2.05, 4.69) is 19.1 Å². The Hall–Kier alpha value is -1.15. The molecule has 0 aliphatic heterocycles. The van der Waals surface area contributed by atoms with Crippen LogP contribution >= 0.6 is 0 Å². The molecule has 0 aliphatic rings. The van der Waals surface area contributed by atoms with Crippen LogP contribution in [-0.2, 0) is 22.4 Å². The number of carbonyl (C=O) groups is 1. The Balaban J connectivity index is 2.37. The molecule has 0 unspecified atom stereocenters. The van der Waals surface area contributed by atoms with E-state index in [9.17, 15) is 4.79 Å². The minimum Gasteiger partial charge on any atom is -0.381 e. The van der Waals surface area contributed by atoms with Gasteiger partial charge >= 0.3 is 0 Å². The molecule has 1 aromatic rings. The molecule has 0 amide bonds. The molecule has 0 saturated carbocycles. The number of carbonyl (C=O) groups excluding carboxylic acids is 1. The van der Waals surface area contributed by atoms with E-state index >= 15 is 0 Å². The quantitative estimate of drug-likeness (QED) is 0.660. The molecular weight excluding hydrogens is 200 g/mol. The third kappa shape index (κ3) is 4.58. The Kier molecular flexibility index (Phi) is 5.79. The highest BCUT2D eigenvalue weighted by atomic mass is 16.5. The Labute approximate surface area is 97.6 Å². The first-order valence-electron chi connectivity index (χ1n) is 5.93. The maximum atomic E-state index is 11.6. The van der Waals surface area contributed by atoms with E-state index in [0.717, 1.165) is 12.0 Å². The summed E-state index contributed by atoms with van der Waals surface area (Å²) in [6, 6.07) is 8.26. The Morgan fingerprint density at radius 3 is 2.31 bits per heavy atom. The summed E-state index contributed by atoms with van der Waals surface area (Å²) >= 11 is 0. The van der Waals surface area contributed by atoms with Crippen LogP contribution in [0.5, 0.6) is 0 Å². The molecule has 0 heterocycles. The second-order valence-electron chi connectivity index (χ2n) is 3.83. The Bertz CT molecular complexity index is 314. The van der Waals surface area contributed by atoms with Gasteiger partial charge in [-0.2, -0.15) is 0 Å². The van der Waals surface area contributed by atoms with Gasteiger partial charge in [-0.15, -0.1) is 0 Å². The number of aryl methyl sites for hydroxylation is 1. The van der Waals surface area contributed by atoms with Crippen molar-refractivity contribution in [2.24, 2.45) is 0 Å². The largest absolute Gasteiger partial charge is 0.381 e. The zero-order valence-electron chi connectivity index (χ0n) is 10.2. The number of ether oxygens (including phenoxy) is 1. The van der Waals surface area contributed by atoms with E-state index in [1.165, 1.54) is 5.56 Å². The van der Waals surface area contributed by atoms with Crippen molar-refractivity contribution in [2.75, 3.05) is 13.2 Å². The molecule has 88 valence electrons. The van der Waals surface area contributed by atoms with Gasteiger partial charge in [-0.3, -0.25) is 4.79 Å². The van der Waals surface area contributed by atoms with Crippen molar-refractivity contribution in [1.82, 2.24) is 0 Å². The van der Waals surface area contributed by atoms with Gasteiger partial charge in [0.25, 0.3) is 0 Å². The second kappa shape index (κ2) is 7.18. The molecular formula is C14H20O2. The second-order valence-corrected chi connectivity index (χ2v) is 3.83. The van der Waals surface area contributed by atoms with Gasteiger partial charge in [-0.1, -0.05) is 31.2 Å². The zero-order chi connectivity index (χ0) is 11.8. The average Bonchev–Trinajstić information content (AvgIpc) is 2.30. The lowest BCUT2D eigenvalue weighted by Crippen LogP contribution is -2.07. The summed E-state index contributed by atoms with van der Waals surface area (Å²) in [4.78, 5) is 11.6. The summed E-state index contributed by atoms with van der Waals surface area (Å²) in [7, 11) is 0. The van der Waals surface area contributed by atoms with Gasteiger partial charge < -0.3 is 4.74 Å². The lowest BCUT2D eigenvalue weighted by Gasteiger charge is -2.03. The van der Waals surface area contributed by atoms with Gasteiger partial charge in [0.15, 0.2) is 0 Å². The standard InChI is InChI=1S/C14H20O2/c1-3-12-5-7-13(8-6-12)11-14(15)9-10-16-4-2/h5-8H,3-4,9-11H2,1-2H3. The van der Waals surface area contributed by atoms with Crippen molar-refractivity contribution in [3.63, 3.8) is 0 Å². The van der Waals surface area contributed by atoms with Gasteiger partial charge in [-0.25, -0.2) is 0 Å². The average molecular weight is 220 g/mol. The van der Waals surface area contributed by atoms with Crippen molar-refractivity contribution in [3.8, 4) is 0 Å². The Morgan fingerprint density at radius 2 is 1.75 bits per heavy atom. The predicted molar refractivity (Wildman–Crippen MR) is 65.6 cm³/mol. The monoisotopic (exact) mass is 220 g/mol. The normalized spacial score (nSPS) is 10.4. The molecule has 0 bridgehead atoms. The summed E-state index contributed by atoms with van der Waals surface area (Å²) in [5.74, 6) is 0.248. The lowest BCUT2D eigenvalue weighted by atomic mass is 10.0. The van der Waals surface area contributed by atoms with E-state index < -0.39 is 0 Å². The fourth-order valence-corrected chi connectivity index (χ4v) is 1.54. The number of Topliss-reactive ketones (excluding diaryl/α,β-unsaturated/α-hetero) is 1. The number of benzene rings is 1. The summed E-state index contributed by atoms with van der Waals surface area (Å²) in [6.45, 7) is 5.29. The van der Waals surface area contributed by atoms with Crippen LogP contribution in [0.1, 0.15) is 31.4 Å². The van der Waals surface area contributed by atoms with Crippen molar-refractivity contribution in [3.05, 3.63) is 35.4 Å². The maximum Gasteiger partial charge on any atom is 0.139 e. The first kappa shape index (κ1) is 12.9. The number of rotatable bonds is 7. The van der Waals surface area contributed by atoms with Crippen molar-refractivity contribution < 1.29 is 9.53 Å². The fourth-order valence-electron chi connectivity index (χ4n) is 1.54. The third-order valence-corrected chi connectivity index (χ3v) is 2.56. The highest BCUT2D eigenvalue weighted by Crippen LogP contribution is 2.07. The van der Waals surface area contributed by atoms with Crippen LogP contribution in [0, 0.1) is 0 Å². The first-order valence-corrected chi connectivity index (χ1v) is 5.93.